The van der Waals surface area contributed by atoms with Crippen molar-refractivity contribution in [2.45, 2.75) is 39.3 Å². The van der Waals surface area contributed by atoms with Gasteiger partial charge in [0.1, 0.15) is 0 Å². The summed E-state index contributed by atoms with van der Waals surface area (Å²) < 4.78 is 5.12. The largest absolute Gasteiger partial charge is 0.383 e. The summed E-state index contributed by atoms with van der Waals surface area (Å²) in [4.78, 5) is 5.09. The number of hydrogen-bond acceptors (Lipinski definition) is 3. The van der Waals surface area contributed by atoms with Gasteiger partial charge in [-0.15, -0.1) is 0 Å². The lowest BCUT2D eigenvalue weighted by Gasteiger charge is -2.46. The summed E-state index contributed by atoms with van der Waals surface area (Å²) in [6.45, 7) is 14.7. The van der Waals surface area contributed by atoms with Crippen LogP contribution < -0.4 is 0 Å². The Morgan fingerprint density at radius 2 is 1.93 bits per heavy atom. The fraction of sp³-hybridized carbons (Fsp3) is 1.00. The van der Waals surface area contributed by atoms with Gasteiger partial charge in [-0.05, 0) is 27.7 Å². The molecule has 0 aromatic heterocycles. The van der Waals surface area contributed by atoms with Gasteiger partial charge in [-0.25, -0.2) is 0 Å². The third-order valence-electron chi connectivity index (χ3n) is 3.18. The van der Waals surface area contributed by atoms with Gasteiger partial charge in [0.2, 0.25) is 0 Å². The summed E-state index contributed by atoms with van der Waals surface area (Å²) in [6, 6.07) is 0.649. The van der Waals surface area contributed by atoms with E-state index in [0.717, 1.165) is 13.2 Å². The molecular formula is C12H26N2O. The summed E-state index contributed by atoms with van der Waals surface area (Å²) in [6.07, 6.45) is 0. The van der Waals surface area contributed by atoms with Crippen molar-refractivity contribution in [3.8, 4) is 0 Å². The van der Waals surface area contributed by atoms with Gasteiger partial charge >= 0.3 is 0 Å². The van der Waals surface area contributed by atoms with E-state index in [2.05, 4.69) is 37.5 Å². The predicted molar refractivity (Wildman–Crippen MR) is 64.2 cm³/mol. The van der Waals surface area contributed by atoms with Crippen LogP contribution in [-0.4, -0.2) is 61.3 Å². The van der Waals surface area contributed by atoms with E-state index in [1.807, 2.05) is 0 Å². The third kappa shape index (κ3) is 3.74. The maximum atomic E-state index is 5.12. The van der Waals surface area contributed by atoms with Crippen molar-refractivity contribution >= 4 is 0 Å². The van der Waals surface area contributed by atoms with Gasteiger partial charge in [0, 0.05) is 44.9 Å². The van der Waals surface area contributed by atoms with Gasteiger partial charge in [-0.2, -0.15) is 0 Å². The lowest BCUT2D eigenvalue weighted by Crippen LogP contribution is -2.58. The van der Waals surface area contributed by atoms with E-state index < -0.39 is 0 Å². The fourth-order valence-corrected chi connectivity index (χ4v) is 2.45. The van der Waals surface area contributed by atoms with Gasteiger partial charge in [-0.3, -0.25) is 9.80 Å². The van der Waals surface area contributed by atoms with Crippen LogP contribution >= 0.6 is 0 Å². The molecule has 90 valence electrons. The molecule has 1 saturated heterocycles. The first-order valence-electron chi connectivity index (χ1n) is 5.93. The zero-order chi connectivity index (χ0) is 11.5. The summed E-state index contributed by atoms with van der Waals surface area (Å²) in [7, 11) is 1.77. The fourth-order valence-electron chi connectivity index (χ4n) is 2.45. The number of rotatable bonds is 3. The van der Waals surface area contributed by atoms with Crippen LogP contribution in [0.15, 0.2) is 0 Å². The van der Waals surface area contributed by atoms with Crippen molar-refractivity contribution in [3.05, 3.63) is 0 Å². The Kier molecular flexibility index (Phi) is 4.56. The number of hydrogen-bond donors (Lipinski definition) is 0. The van der Waals surface area contributed by atoms with Crippen LogP contribution in [0.3, 0.4) is 0 Å². The maximum absolute atomic E-state index is 5.12. The molecule has 0 bridgehead atoms. The minimum atomic E-state index is 0.298. The molecule has 1 heterocycles. The Hall–Kier alpha value is -0.120. The second-order valence-corrected chi connectivity index (χ2v) is 5.51. The molecule has 1 aliphatic heterocycles. The molecule has 0 amide bonds. The lowest BCUT2D eigenvalue weighted by atomic mass is 10.0. The van der Waals surface area contributed by atoms with Crippen molar-refractivity contribution in [1.29, 1.82) is 0 Å². The van der Waals surface area contributed by atoms with E-state index in [9.17, 15) is 0 Å². The van der Waals surface area contributed by atoms with Gasteiger partial charge in [0.25, 0.3) is 0 Å². The molecule has 3 heteroatoms. The van der Waals surface area contributed by atoms with Crippen LogP contribution in [0.2, 0.25) is 0 Å². The molecule has 1 aliphatic rings. The Labute approximate surface area is 94.4 Å². The Morgan fingerprint density at radius 1 is 1.27 bits per heavy atom. The quantitative estimate of drug-likeness (QED) is 0.707. The van der Waals surface area contributed by atoms with Crippen LogP contribution in [0.1, 0.15) is 27.7 Å². The topological polar surface area (TPSA) is 15.7 Å². The summed E-state index contributed by atoms with van der Waals surface area (Å²) in [5.41, 5.74) is 0.298. The minimum absolute atomic E-state index is 0.298. The van der Waals surface area contributed by atoms with Crippen molar-refractivity contribution < 1.29 is 4.74 Å². The van der Waals surface area contributed by atoms with Gasteiger partial charge in [0.05, 0.1) is 6.61 Å². The molecule has 0 saturated carbocycles. The van der Waals surface area contributed by atoms with E-state index in [4.69, 9.17) is 4.74 Å². The molecule has 3 nitrogen and oxygen atoms in total. The number of piperazine rings is 1. The summed E-state index contributed by atoms with van der Waals surface area (Å²) in [5, 5.41) is 0. The van der Waals surface area contributed by atoms with Crippen molar-refractivity contribution in [1.82, 2.24) is 9.80 Å². The predicted octanol–water partition coefficient (Wildman–Crippen LogP) is 1.44. The second kappa shape index (κ2) is 5.28. The standard InChI is InChI=1S/C12H26N2O/c1-11-10-13(8-9-15-5)6-7-14(11)12(2,3)4/h11H,6-10H2,1-5H3/t11-/m0/s1. The van der Waals surface area contributed by atoms with Crippen molar-refractivity contribution in [2.75, 3.05) is 39.9 Å². The normalized spacial score (nSPS) is 25.8. The molecule has 0 spiro atoms. The highest BCUT2D eigenvalue weighted by Gasteiger charge is 2.30. The molecular weight excluding hydrogens is 188 g/mol. The first kappa shape index (κ1) is 12.9. The Bertz CT molecular complexity index is 189. The molecule has 1 atom stereocenters. The Balaban J connectivity index is 2.41. The van der Waals surface area contributed by atoms with Crippen molar-refractivity contribution in [3.63, 3.8) is 0 Å². The van der Waals surface area contributed by atoms with E-state index in [0.29, 0.717) is 11.6 Å². The summed E-state index contributed by atoms with van der Waals surface area (Å²) in [5.74, 6) is 0. The number of ether oxygens (including phenoxy) is 1. The Morgan fingerprint density at radius 3 is 2.40 bits per heavy atom. The SMILES string of the molecule is COCCN1CCN(C(C)(C)C)[C@@H](C)C1. The van der Waals surface area contributed by atoms with E-state index in [1.165, 1.54) is 19.6 Å². The van der Waals surface area contributed by atoms with Crippen molar-refractivity contribution in [2.24, 2.45) is 0 Å². The highest BCUT2D eigenvalue weighted by atomic mass is 16.5. The van der Waals surface area contributed by atoms with Crippen LogP contribution in [0.4, 0.5) is 0 Å². The van der Waals surface area contributed by atoms with Gasteiger partial charge in [0.15, 0.2) is 0 Å². The minimum Gasteiger partial charge on any atom is -0.383 e. The highest BCUT2D eigenvalue weighted by molar-refractivity contribution is 4.87. The zero-order valence-electron chi connectivity index (χ0n) is 10.9. The third-order valence-corrected chi connectivity index (χ3v) is 3.18. The van der Waals surface area contributed by atoms with Crippen LogP contribution in [0, 0.1) is 0 Å². The molecule has 0 aromatic carbocycles. The molecule has 0 aliphatic carbocycles. The first-order valence-corrected chi connectivity index (χ1v) is 5.93. The first-order chi connectivity index (χ1) is 6.95. The van der Waals surface area contributed by atoms with Gasteiger partial charge in [-0.1, -0.05) is 0 Å². The molecule has 1 fully saturated rings. The van der Waals surface area contributed by atoms with E-state index in [-0.39, 0.29) is 0 Å². The average Bonchev–Trinajstić information content (AvgIpc) is 2.12. The lowest BCUT2D eigenvalue weighted by molar-refractivity contribution is 0.0101. The van der Waals surface area contributed by atoms with Crippen LogP contribution in [-0.2, 0) is 4.74 Å². The average molecular weight is 214 g/mol. The number of methoxy groups -OCH3 is 1. The van der Waals surface area contributed by atoms with Crippen LogP contribution in [0.5, 0.6) is 0 Å². The highest BCUT2D eigenvalue weighted by Crippen LogP contribution is 2.20. The van der Waals surface area contributed by atoms with E-state index >= 15 is 0 Å². The molecule has 0 N–H and O–H groups in total. The molecule has 1 rings (SSSR count). The maximum Gasteiger partial charge on any atom is 0.0589 e. The van der Waals surface area contributed by atoms with Gasteiger partial charge < -0.3 is 4.74 Å². The smallest absolute Gasteiger partial charge is 0.0589 e. The number of nitrogens with zero attached hydrogens (tertiary/aromatic N) is 2. The molecule has 0 aromatic rings. The summed E-state index contributed by atoms with van der Waals surface area (Å²) >= 11 is 0. The molecule has 0 unspecified atom stereocenters. The molecule has 15 heavy (non-hydrogen) atoms. The second-order valence-electron chi connectivity index (χ2n) is 5.51. The monoisotopic (exact) mass is 214 g/mol. The zero-order valence-corrected chi connectivity index (χ0v) is 10.9. The molecule has 0 radical (unpaired) electrons. The van der Waals surface area contributed by atoms with E-state index in [1.54, 1.807) is 7.11 Å². The van der Waals surface area contributed by atoms with Crippen LogP contribution in [0.25, 0.3) is 0 Å².